The van der Waals surface area contributed by atoms with Crippen molar-refractivity contribution in [1.82, 2.24) is 30.0 Å². The number of carbonyl (C=O) groups excluding carboxylic acids is 1. The second-order valence-electron chi connectivity index (χ2n) is 6.38. The number of aromatic nitrogens is 5. The molecule has 0 spiro atoms. The molecule has 0 unspecified atom stereocenters. The SMILES string of the molecule is COCCNC(=O)c1csc(CSc2nnc(-c3cccnc3)n2-c2ccccc2)n1. The van der Waals surface area contributed by atoms with Gasteiger partial charge in [-0.2, -0.15) is 0 Å². The lowest BCUT2D eigenvalue weighted by molar-refractivity contribution is 0.0932. The molecule has 4 rings (SSSR count). The number of hydrogen-bond donors (Lipinski definition) is 1. The van der Waals surface area contributed by atoms with E-state index in [0.29, 0.717) is 24.6 Å². The highest BCUT2D eigenvalue weighted by atomic mass is 32.2. The molecular formula is C21H20N6O2S2. The van der Waals surface area contributed by atoms with Crippen molar-refractivity contribution in [1.29, 1.82) is 0 Å². The lowest BCUT2D eigenvalue weighted by Gasteiger charge is -2.09. The predicted molar refractivity (Wildman–Crippen MR) is 120 cm³/mol. The number of carbonyl (C=O) groups is 1. The Hall–Kier alpha value is -3.08. The molecule has 10 heteroatoms. The minimum absolute atomic E-state index is 0.198. The van der Waals surface area contributed by atoms with Crippen LogP contribution in [0.4, 0.5) is 0 Å². The topological polar surface area (TPSA) is 94.8 Å². The van der Waals surface area contributed by atoms with Crippen LogP contribution in [0.1, 0.15) is 15.5 Å². The van der Waals surface area contributed by atoms with Crippen LogP contribution >= 0.6 is 23.1 Å². The van der Waals surface area contributed by atoms with E-state index in [0.717, 1.165) is 27.2 Å². The normalized spacial score (nSPS) is 10.9. The summed E-state index contributed by atoms with van der Waals surface area (Å²) in [6.45, 7) is 0.918. The summed E-state index contributed by atoms with van der Waals surface area (Å²) in [6, 6.07) is 13.8. The van der Waals surface area contributed by atoms with Gasteiger partial charge in [0.15, 0.2) is 11.0 Å². The van der Waals surface area contributed by atoms with E-state index in [-0.39, 0.29) is 5.91 Å². The third-order valence-electron chi connectivity index (χ3n) is 4.27. The number of para-hydroxylation sites is 1. The summed E-state index contributed by atoms with van der Waals surface area (Å²) in [7, 11) is 1.60. The van der Waals surface area contributed by atoms with Gasteiger partial charge < -0.3 is 10.1 Å². The maximum atomic E-state index is 12.1. The van der Waals surface area contributed by atoms with E-state index in [1.165, 1.54) is 23.1 Å². The van der Waals surface area contributed by atoms with Crippen LogP contribution in [0.3, 0.4) is 0 Å². The smallest absolute Gasteiger partial charge is 0.270 e. The van der Waals surface area contributed by atoms with Crippen LogP contribution in [-0.2, 0) is 10.5 Å². The molecule has 1 N–H and O–H groups in total. The second kappa shape index (κ2) is 10.3. The number of methoxy groups -OCH3 is 1. The minimum Gasteiger partial charge on any atom is -0.383 e. The van der Waals surface area contributed by atoms with E-state index in [4.69, 9.17) is 4.74 Å². The van der Waals surface area contributed by atoms with Crippen LogP contribution in [0.25, 0.3) is 17.1 Å². The lowest BCUT2D eigenvalue weighted by atomic mass is 10.2. The summed E-state index contributed by atoms with van der Waals surface area (Å²) in [5, 5.41) is 14.9. The molecule has 31 heavy (non-hydrogen) atoms. The molecule has 8 nitrogen and oxygen atoms in total. The van der Waals surface area contributed by atoms with Crippen LogP contribution in [0, 0.1) is 0 Å². The average Bonchev–Trinajstić information content (AvgIpc) is 3.46. The first-order valence-electron chi connectivity index (χ1n) is 9.52. The number of thiazole rings is 1. The molecule has 3 aromatic heterocycles. The highest BCUT2D eigenvalue weighted by Gasteiger charge is 2.17. The minimum atomic E-state index is -0.198. The van der Waals surface area contributed by atoms with Crippen molar-refractivity contribution < 1.29 is 9.53 Å². The first-order chi connectivity index (χ1) is 15.3. The molecule has 0 fully saturated rings. The van der Waals surface area contributed by atoms with E-state index in [1.807, 2.05) is 47.0 Å². The zero-order valence-corrected chi connectivity index (χ0v) is 18.4. The Morgan fingerprint density at radius 3 is 2.84 bits per heavy atom. The fraction of sp³-hybridized carbons (Fsp3) is 0.190. The zero-order chi connectivity index (χ0) is 21.5. The van der Waals surface area contributed by atoms with Gasteiger partial charge in [0, 0.05) is 42.7 Å². The largest absolute Gasteiger partial charge is 0.383 e. The standard InChI is InChI=1S/C21H20N6O2S2/c1-29-11-10-23-20(28)17-13-30-18(24-17)14-31-21-26-25-19(15-6-5-9-22-12-15)27(21)16-7-3-2-4-8-16/h2-9,12-13H,10-11,14H2,1H3,(H,23,28). The van der Waals surface area contributed by atoms with Crippen molar-refractivity contribution >= 4 is 29.0 Å². The van der Waals surface area contributed by atoms with Crippen molar-refractivity contribution in [3.05, 3.63) is 70.9 Å². The Labute approximate surface area is 187 Å². The molecule has 0 radical (unpaired) electrons. The molecule has 4 aromatic rings. The number of pyridine rings is 1. The van der Waals surface area contributed by atoms with Crippen molar-refractivity contribution in [3.8, 4) is 17.1 Å². The van der Waals surface area contributed by atoms with Gasteiger partial charge in [-0.25, -0.2) is 4.98 Å². The van der Waals surface area contributed by atoms with Crippen molar-refractivity contribution in [2.45, 2.75) is 10.9 Å². The summed E-state index contributed by atoms with van der Waals surface area (Å²) >= 11 is 2.97. The van der Waals surface area contributed by atoms with Crippen molar-refractivity contribution in [3.63, 3.8) is 0 Å². The van der Waals surface area contributed by atoms with Gasteiger partial charge in [0.2, 0.25) is 0 Å². The molecule has 0 aliphatic carbocycles. The van der Waals surface area contributed by atoms with Gasteiger partial charge in [-0.15, -0.1) is 21.5 Å². The van der Waals surface area contributed by atoms with Crippen LogP contribution in [0.5, 0.6) is 0 Å². The fourth-order valence-electron chi connectivity index (χ4n) is 2.82. The molecule has 0 bridgehead atoms. The summed E-state index contributed by atoms with van der Waals surface area (Å²) in [5.74, 6) is 1.10. The van der Waals surface area contributed by atoms with E-state index in [2.05, 4.69) is 25.5 Å². The van der Waals surface area contributed by atoms with Crippen molar-refractivity contribution in [2.24, 2.45) is 0 Å². The molecule has 0 saturated heterocycles. The fourth-order valence-corrected chi connectivity index (χ4v) is 4.56. The van der Waals surface area contributed by atoms with Gasteiger partial charge in [0.05, 0.1) is 12.4 Å². The summed E-state index contributed by atoms with van der Waals surface area (Å²) in [4.78, 5) is 20.8. The van der Waals surface area contributed by atoms with Crippen LogP contribution in [0.15, 0.2) is 65.4 Å². The van der Waals surface area contributed by atoms with E-state index >= 15 is 0 Å². The molecule has 1 amide bonds. The maximum Gasteiger partial charge on any atom is 0.270 e. The highest BCUT2D eigenvalue weighted by Crippen LogP contribution is 2.30. The zero-order valence-electron chi connectivity index (χ0n) is 16.8. The molecule has 0 aliphatic heterocycles. The number of amides is 1. The Balaban J connectivity index is 1.53. The molecule has 0 saturated carbocycles. The van der Waals surface area contributed by atoms with Gasteiger partial charge in [-0.1, -0.05) is 30.0 Å². The third-order valence-corrected chi connectivity index (χ3v) is 6.24. The number of rotatable bonds is 9. The maximum absolute atomic E-state index is 12.1. The van der Waals surface area contributed by atoms with Crippen LogP contribution in [0.2, 0.25) is 0 Å². The number of ether oxygens (including phenoxy) is 1. The first kappa shape index (κ1) is 21.2. The number of nitrogens with zero attached hydrogens (tertiary/aromatic N) is 5. The van der Waals surface area contributed by atoms with Gasteiger partial charge in [0.1, 0.15) is 10.7 Å². The quantitative estimate of drug-likeness (QED) is 0.307. The van der Waals surface area contributed by atoms with E-state index < -0.39 is 0 Å². The van der Waals surface area contributed by atoms with Crippen LogP contribution < -0.4 is 5.32 Å². The number of benzene rings is 1. The summed E-state index contributed by atoms with van der Waals surface area (Å²) in [6.07, 6.45) is 3.50. The van der Waals surface area contributed by atoms with Gasteiger partial charge in [-0.05, 0) is 24.3 Å². The Morgan fingerprint density at radius 1 is 1.19 bits per heavy atom. The first-order valence-corrected chi connectivity index (χ1v) is 11.4. The molecule has 3 heterocycles. The summed E-state index contributed by atoms with van der Waals surface area (Å²) < 4.78 is 6.96. The number of thioether (sulfide) groups is 1. The number of hydrogen-bond acceptors (Lipinski definition) is 8. The van der Waals surface area contributed by atoms with E-state index in [9.17, 15) is 4.79 Å². The van der Waals surface area contributed by atoms with Gasteiger partial charge >= 0.3 is 0 Å². The summed E-state index contributed by atoms with van der Waals surface area (Å²) in [5.41, 5.74) is 2.26. The van der Waals surface area contributed by atoms with Gasteiger partial charge in [-0.3, -0.25) is 14.3 Å². The van der Waals surface area contributed by atoms with Gasteiger partial charge in [0.25, 0.3) is 5.91 Å². The van der Waals surface area contributed by atoms with E-state index in [1.54, 1.807) is 24.9 Å². The van der Waals surface area contributed by atoms with Crippen LogP contribution in [-0.4, -0.2) is 50.9 Å². The molecule has 0 atom stereocenters. The average molecular weight is 453 g/mol. The molecular weight excluding hydrogens is 432 g/mol. The Bertz CT molecular complexity index is 1130. The monoisotopic (exact) mass is 452 g/mol. The highest BCUT2D eigenvalue weighted by molar-refractivity contribution is 7.98. The lowest BCUT2D eigenvalue weighted by Crippen LogP contribution is -2.27. The Kier molecular flexibility index (Phi) is 7.03. The molecule has 158 valence electrons. The number of nitrogens with one attached hydrogen (secondary N) is 1. The van der Waals surface area contributed by atoms with Crippen molar-refractivity contribution in [2.75, 3.05) is 20.3 Å². The molecule has 0 aliphatic rings. The predicted octanol–water partition coefficient (Wildman–Crippen LogP) is 3.45. The Morgan fingerprint density at radius 2 is 2.06 bits per heavy atom. The molecule has 1 aromatic carbocycles. The third kappa shape index (κ3) is 5.16. The second-order valence-corrected chi connectivity index (χ2v) is 8.27.